The number of rotatable bonds is 7. The van der Waals surface area contributed by atoms with Crippen LogP contribution in [0.4, 0.5) is 34.8 Å². The fourth-order valence-corrected chi connectivity index (χ4v) is 5.15. The lowest BCUT2D eigenvalue weighted by Crippen LogP contribution is -2.18. The van der Waals surface area contributed by atoms with Crippen molar-refractivity contribution in [3.8, 4) is 0 Å². The molecule has 0 radical (unpaired) electrons. The molecule has 0 spiro atoms. The number of aromatic amines is 1. The van der Waals surface area contributed by atoms with Crippen molar-refractivity contribution in [3.63, 3.8) is 0 Å². The van der Waals surface area contributed by atoms with Gasteiger partial charge in [0.05, 0.1) is 22.4 Å². The third kappa shape index (κ3) is 5.25. The number of imidazole rings is 1. The molecule has 9 nitrogen and oxygen atoms in total. The van der Waals surface area contributed by atoms with Gasteiger partial charge in [0.15, 0.2) is 21.3 Å². The first kappa shape index (κ1) is 25.4. The summed E-state index contributed by atoms with van der Waals surface area (Å²) < 4.78 is 84.4. The zero-order valence-corrected chi connectivity index (χ0v) is 20.3. The van der Waals surface area contributed by atoms with Crippen molar-refractivity contribution < 1.29 is 35.5 Å². The number of aromatic nitrogens is 3. The van der Waals surface area contributed by atoms with Crippen LogP contribution in [0, 0.1) is 5.92 Å². The van der Waals surface area contributed by atoms with Crippen molar-refractivity contribution in [1.82, 2.24) is 15.0 Å². The quantitative estimate of drug-likeness (QED) is 0.364. The predicted molar refractivity (Wildman–Crippen MR) is 126 cm³/mol. The third-order valence-corrected chi connectivity index (χ3v) is 7.43. The summed E-state index contributed by atoms with van der Waals surface area (Å²) in [6, 6.07) is 5.96. The average molecular weight is 542 g/mol. The number of benzene rings is 1. The Kier molecular flexibility index (Phi) is 6.34. The number of alkyl halides is 4. The number of ether oxygens (including phenoxy) is 1. The molecule has 0 bridgehead atoms. The summed E-state index contributed by atoms with van der Waals surface area (Å²) in [4.78, 5) is 22.4. The first-order valence-corrected chi connectivity index (χ1v) is 13.4. The van der Waals surface area contributed by atoms with Crippen LogP contribution in [0.25, 0.3) is 11.2 Å². The van der Waals surface area contributed by atoms with E-state index >= 15 is 0 Å². The number of H-pyrrole nitrogens is 1. The van der Waals surface area contributed by atoms with Gasteiger partial charge in [0.1, 0.15) is 17.3 Å². The van der Waals surface area contributed by atoms with Gasteiger partial charge in [0.2, 0.25) is 5.91 Å². The Hall–Kier alpha value is -3.26. The second kappa shape index (κ2) is 9.24. The molecular formula is C23H23F4N5O4S. The van der Waals surface area contributed by atoms with Gasteiger partial charge in [-0.3, -0.25) is 4.79 Å². The van der Waals surface area contributed by atoms with Crippen LogP contribution in [0.5, 0.6) is 0 Å². The first-order chi connectivity index (χ1) is 17.4. The van der Waals surface area contributed by atoms with E-state index in [9.17, 15) is 30.8 Å². The molecule has 2 aliphatic rings. The number of nitrogens with one attached hydrogen (secondary N) is 3. The van der Waals surface area contributed by atoms with Crippen LogP contribution in [-0.4, -0.2) is 48.1 Å². The molecule has 14 heteroatoms. The van der Waals surface area contributed by atoms with Gasteiger partial charge in [-0.2, -0.15) is 0 Å². The Morgan fingerprint density at radius 1 is 1.19 bits per heavy atom. The molecule has 3 heterocycles. The number of hydrogen-bond donors (Lipinski definition) is 3. The van der Waals surface area contributed by atoms with Crippen molar-refractivity contribution >= 4 is 44.1 Å². The maximum atomic E-state index is 13.3. The summed E-state index contributed by atoms with van der Waals surface area (Å²) in [5.74, 6) is -6.48. The second-order valence-electron chi connectivity index (χ2n) is 9.19. The predicted octanol–water partition coefficient (Wildman–Crippen LogP) is 4.88. The molecule has 3 aromatic rings. The van der Waals surface area contributed by atoms with E-state index in [4.69, 9.17) is 4.74 Å². The highest BCUT2D eigenvalue weighted by Gasteiger charge is 2.61. The maximum Gasteiger partial charge on any atom is 0.295 e. The van der Waals surface area contributed by atoms with Crippen LogP contribution in [0.3, 0.4) is 0 Å². The molecule has 1 saturated heterocycles. The molecule has 198 valence electrons. The molecule has 1 amide bonds. The van der Waals surface area contributed by atoms with Crippen LogP contribution in [0.2, 0.25) is 0 Å². The molecular weight excluding hydrogens is 518 g/mol. The number of nitrogens with zero attached hydrogens (tertiary/aromatic N) is 2. The average Bonchev–Trinajstić information content (AvgIpc) is 3.27. The van der Waals surface area contributed by atoms with Crippen molar-refractivity contribution in [2.24, 2.45) is 5.92 Å². The Bertz CT molecular complexity index is 1470. The largest absolute Gasteiger partial charge is 0.374 e. The number of fused-ring (bicyclic) bond motifs is 1. The molecule has 5 rings (SSSR count). The van der Waals surface area contributed by atoms with Crippen molar-refractivity contribution in [3.05, 3.63) is 35.7 Å². The molecule has 1 saturated carbocycles. The third-order valence-electron chi connectivity index (χ3n) is 6.30. The maximum absolute atomic E-state index is 13.3. The summed E-state index contributed by atoms with van der Waals surface area (Å²) in [6.07, 6.45) is -0.166. The zero-order chi connectivity index (χ0) is 26.5. The topological polar surface area (TPSA) is 126 Å². The molecule has 1 aliphatic carbocycles. The minimum Gasteiger partial charge on any atom is -0.374 e. The monoisotopic (exact) mass is 541 g/mol. The van der Waals surface area contributed by atoms with Gasteiger partial charge in [-0.25, -0.2) is 35.9 Å². The zero-order valence-electron chi connectivity index (χ0n) is 19.5. The molecule has 2 atom stereocenters. The summed E-state index contributed by atoms with van der Waals surface area (Å²) in [5.41, 5.74) is 0.652. The van der Waals surface area contributed by atoms with Crippen molar-refractivity contribution in [2.75, 3.05) is 23.5 Å². The highest BCUT2D eigenvalue weighted by molar-refractivity contribution is 7.90. The Morgan fingerprint density at radius 3 is 2.57 bits per heavy atom. The number of pyridine rings is 1. The highest BCUT2D eigenvalue weighted by Crippen LogP contribution is 2.49. The number of carbonyl (C=O) groups is 1. The summed E-state index contributed by atoms with van der Waals surface area (Å²) in [5, 5.41) is 5.17. The minimum atomic E-state index is -3.76. The van der Waals surface area contributed by atoms with Crippen LogP contribution in [0.15, 0.2) is 29.2 Å². The van der Waals surface area contributed by atoms with Crippen LogP contribution >= 0.6 is 0 Å². The van der Waals surface area contributed by atoms with E-state index < -0.39 is 46.3 Å². The SMILES string of the molecule is CS(=O)(=O)c1cc([C@H]2CCCCO2)ccc1Nc1cc(NC(=O)[C@H]2CC2(F)F)nc2[nH]c(C(F)F)nc12. The number of anilines is 3. The summed E-state index contributed by atoms with van der Waals surface area (Å²) in [7, 11) is -3.76. The molecule has 1 aliphatic heterocycles. The van der Waals surface area contributed by atoms with E-state index in [1.165, 1.54) is 18.2 Å². The summed E-state index contributed by atoms with van der Waals surface area (Å²) >= 11 is 0. The van der Waals surface area contributed by atoms with Gasteiger partial charge >= 0.3 is 0 Å². The molecule has 0 unspecified atom stereocenters. The molecule has 3 N–H and O–H groups in total. The molecule has 2 fully saturated rings. The lowest BCUT2D eigenvalue weighted by molar-refractivity contribution is -0.119. The van der Waals surface area contributed by atoms with E-state index in [0.29, 0.717) is 12.2 Å². The van der Waals surface area contributed by atoms with Crippen LogP contribution in [0.1, 0.15) is 49.6 Å². The van der Waals surface area contributed by atoms with Gasteiger partial charge in [-0.05, 0) is 37.0 Å². The fraction of sp³-hybridized carbons (Fsp3) is 0.435. The highest BCUT2D eigenvalue weighted by atomic mass is 32.2. The lowest BCUT2D eigenvalue weighted by atomic mass is 10.0. The lowest BCUT2D eigenvalue weighted by Gasteiger charge is -2.24. The number of carbonyl (C=O) groups excluding carboxylic acids is 1. The van der Waals surface area contributed by atoms with Crippen LogP contribution < -0.4 is 10.6 Å². The smallest absolute Gasteiger partial charge is 0.295 e. The van der Waals surface area contributed by atoms with E-state index in [-0.39, 0.29) is 39.4 Å². The standard InChI is InChI=1S/C23H23F4N5O4S/c1-37(34,35)16-8-11(15-4-2-3-7-36-15)5-6-13(16)28-14-9-17(30-22(33)12-10-23(12,26)27)29-20-18(14)31-21(32-20)19(24)25/h5-6,8-9,12,15,19H,2-4,7,10H2,1H3,(H3,28,29,30,31,32,33)/t12-,15-/m1/s1. The molecule has 1 aromatic carbocycles. The van der Waals surface area contributed by atoms with Gasteiger partial charge in [0, 0.05) is 25.3 Å². The minimum absolute atomic E-state index is 0.0394. The van der Waals surface area contributed by atoms with E-state index in [0.717, 1.165) is 25.5 Å². The number of hydrogen-bond acceptors (Lipinski definition) is 7. The normalized spacial score (nSPS) is 21.2. The summed E-state index contributed by atoms with van der Waals surface area (Å²) in [6.45, 7) is 0.570. The van der Waals surface area contributed by atoms with E-state index in [1.54, 1.807) is 6.07 Å². The Labute approximate surface area is 208 Å². The fourth-order valence-electron chi connectivity index (χ4n) is 4.28. The number of halogens is 4. The number of sulfone groups is 1. The Balaban J connectivity index is 1.54. The van der Waals surface area contributed by atoms with Crippen molar-refractivity contribution in [1.29, 1.82) is 0 Å². The van der Waals surface area contributed by atoms with Crippen molar-refractivity contribution in [2.45, 2.75) is 49.0 Å². The van der Waals surface area contributed by atoms with Gasteiger partial charge < -0.3 is 20.4 Å². The van der Waals surface area contributed by atoms with Crippen LogP contribution in [-0.2, 0) is 19.4 Å². The van der Waals surface area contributed by atoms with E-state index in [1.807, 2.05) is 0 Å². The molecule has 2 aromatic heterocycles. The first-order valence-electron chi connectivity index (χ1n) is 11.5. The van der Waals surface area contributed by atoms with Gasteiger partial charge in [0.25, 0.3) is 12.3 Å². The van der Waals surface area contributed by atoms with Gasteiger partial charge in [-0.1, -0.05) is 6.07 Å². The Morgan fingerprint density at radius 2 is 1.95 bits per heavy atom. The second-order valence-corrected chi connectivity index (χ2v) is 11.2. The van der Waals surface area contributed by atoms with Gasteiger partial charge in [-0.15, -0.1) is 0 Å². The van der Waals surface area contributed by atoms with E-state index in [2.05, 4.69) is 25.6 Å². The number of amides is 1. The molecule has 37 heavy (non-hydrogen) atoms.